The number of carbonyl (C=O) groups is 2. The van der Waals surface area contributed by atoms with Gasteiger partial charge in [-0.2, -0.15) is 0 Å². The monoisotopic (exact) mass is 410 g/mol. The molecule has 8 heteroatoms. The highest BCUT2D eigenvalue weighted by Gasteiger charge is 2.27. The van der Waals surface area contributed by atoms with Crippen molar-refractivity contribution in [2.45, 2.75) is 25.9 Å². The van der Waals surface area contributed by atoms with Crippen LogP contribution in [0.15, 0.2) is 34.9 Å². The maximum atomic E-state index is 13.1. The van der Waals surface area contributed by atoms with Gasteiger partial charge in [0.25, 0.3) is 5.91 Å². The first-order chi connectivity index (χ1) is 13.0. The van der Waals surface area contributed by atoms with Gasteiger partial charge in [0.15, 0.2) is 0 Å². The number of halogens is 1. The molecule has 0 unspecified atom stereocenters. The molecule has 6 nitrogen and oxygen atoms in total. The average Bonchev–Trinajstić information content (AvgIpc) is 3.19. The average molecular weight is 411 g/mol. The number of nitrogens with zero attached hydrogens (tertiary/aromatic N) is 1. The third-order valence-electron chi connectivity index (χ3n) is 4.40. The van der Waals surface area contributed by atoms with Gasteiger partial charge in [0.05, 0.1) is 12.7 Å². The van der Waals surface area contributed by atoms with Gasteiger partial charge in [0.1, 0.15) is 17.2 Å². The number of allylic oxidation sites excluding steroid dienone is 1. The molecule has 2 aliphatic rings. The second-order valence-electron chi connectivity index (χ2n) is 6.39. The summed E-state index contributed by atoms with van der Waals surface area (Å²) in [5.74, 6) is 0.827. The molecule has 3 rings (SSSR count). The lowest BCUT2D eigenvalue weighted by Crippen LogP contribution is -2.43. The number of rotatable bonds is 6. The van der Waals surface area contributed by atoms with Crippen LogP contribution < -0.4 is 10.2 Å². The molecule has 1 atom stereocenters. The fourth-order valence-corrected chi connectivity index (χ4v) is 3.97. The zero-order valence-corrected chi connectivity index (χ0v) is 16.8. The largest absolute Gasteiger partial charge is 0.496 e. The molecule has 27 heavy (non-hydrogen) atoms. The van der Waals surface area contributed by atoms with Gasteiger partial charge in [-0.3, -0.25) is 14.5 Å². The van der Waals surface area contributed by atoms with Gasteiger partial charge in [0.2, 0.25) is 5.91 Å². The number of nitrogens with one attached hydrogen (secondary N) is 1. The van der Waals surface area contributed by atoms with E-state index in [-0.39, 0.29) is 24.5 Å². The topological polar surface area (TPSA) is 67.9 Å². The van der Waals surface area contributed by atoms with Gasteiger partial charge in [-0.25, -0.2) is 0 Å². The van der Waals surface area contributed by atoms with E-state index in [1.807, 2.05) is 0 Å². The zero-order chi connectivity index (χ0) is 19.2. The van der Waals surface area contributed by atoms with Crippen LogP contribution in [0.4, 0.5) is 5.69 Å². The summed E-state index contributed by atoms with van der Waals surface area (Å²) in [6.07, 6.45) is 2.02. The molecule has 1 fully saturated rings. The van der Waals surface area contributed by atoms with Crippen LogP contribution in [0.2, 0.25) is 5.02 Å². The second kappa shape index (κ2) is 9.48. The van der Waals surface area contributed by atoms with E-state index in [1.54, 1.807) is 31.2 Å². The van der Waals surface area contributed by atoms with Crippen molar-refractivity contribution in [1.82, 2.24) is 5.32 Å². The highest BCUT2D eigenvalue weighted by molar-refractivity contribution is 8.04. The summed E-state index contributed by atoms with van der Waals surface area (Å²) < 4.78 is 11.0. The summed E-state index contributed by atoms with van der Waals surface area (Å²) in [4.78, 5) is 27.6. The molecule has 2 amide bonds. The van der Waals surface area contributed by atoms with Crippen LogP contribution in [0, 0.1) is 0 Å². The molecule has 2 heterocycles. The summed E-state index contributed by atoms with van der Waals surface area (Å²) in [5, 5.41) is 3.44. The van der Waals surface area contributed by atoms with Crippen molar-refractivity contribution in [3.05, 3.63) is 40.0 Å². The van der Waals surface area contributed by atoms with E-state index in [2.05, 4.69) is 5.32 Å². The van der Waals surface area contributed by atoms with Crippen molar-refractivity contribution in [3.63, 3.8) is 0 Å². The maximum absolute atomic E-state index is 13.1. The van der Waals surface area contributed by atoms with Gasteiger partial charge in [0, 0.05) is 29.6 Å². The quantitative estimate of drug-likeness (QED) is 0.780. The summed E-state index contributed by atoms with van der Waals surface area (Å²) in [6, 6.07) is 6.87. The third kappa shape index (κ3) is 5.40. The first kappa shape index (κ1) is 20.0. The molecule has 0 bridgehead atoms. The number of anilines is 1. The molecule has 1 saturated heterocycles. The Labute approximate surface area is 168 Å². The highest BCUT2D eigenvalue weighted by Crippen LogP contribution is 2.29. The van der Waals surface area contributed by atoms with Crippen molar-refractivity contribution >= 4 is 40.9 Å². The Kier molecular flexibility index (Phi) is 7.04. The van der Waals surface area contributed by atoms with Crippen molar-refractivity contribution in [2.24, 2.45) is 0 Å². The lowest BCUT2D eigenvalue weighted by molar-refractivity contribution is -0.122. The predicted molar refractivity (Wildman–Crippen MR) is 107 cm³/mol. The first-order valence-corrected chi connectivity index (χ1v) is 10.3. The number of benzene rings is 1. The molecule has 1 aromatic rings. The maximum Gasteiger partial charge on any atom is 0.268 e. The lowest BCUT2D eigenvalue weighted by atomic mass is 10.2. The van der Waals surface area contributed by atoms with E-state index in [4.69, 9.17) is 21.1 Å². The smallest absolute Gasteiger partial charge is 0.268 e. The second-order valence-corrected chi connectivity index (χ2v) is 7.93. The van der Waals surface area contributed by atoms with E-state index >= 15 is 0 Å². The van der Waals surface area contributed by atoms with Crippen LogP contribution in [0.25, 0.3) is 0 Å². The molecule has 146 valence electrons. The van der Waals surface area contributed by atoms with Crippen molar-refractivity contribution in [2.75, 3.05) is 37.0 Å². The predicted octanol–water partition coefficient (Wildman–Crippen LogP) is 2.96. The van der Waals surface area contributed by atoms with Crippen molar-refractivity contribution < 1.29 is 19.1 Å². The Balaban J connectivity index is 1.73. The third-order valence-corrected chi connectivity index (χ3v) is 5.77. The Bertz CT molecular complexity index is 717. The minimum atomic E-state index is -0.244. The fourth-order valence-electron chi connectivity index (χ4n) is 2.97. The molecule has 0 saturated carbocycles. The molecule has 0 radical (unpaired) electrons. The Morgan fingerprint density at radius 1 is 1.30 bits per heavy atom. The number of hydrogen-bond donors (Lipinski definition) is 1. The van der Waals surface area contributed by atoms with E-state index in [0.29, 0.717) is 40.3 Å². The number of hydrogen-bond acceptors (Lipinski definition) is 5. The van der Waals surface area contributed by atoms with Gasteiger partial charge >= 0.3 is 0 Å². The molecule has 0 spiro atoms. The minimum absolute atomic E-state index is 0.0564. The summed E-state index contributed by atoms with van der Waals surface area (Å²) in [7, 11) is 0. The van der Waals surface area contributed by atoms with E-state index in [0.717, 1.165) is 19.4 Å². The van der Waals surface area contributed by atoms with Crippen LogP contribution in [0.3, 0.4) is 0 Å². The fraction of sp³-hybridized carbons (Fsp3) is 0.474. The van der Waals surface area contributed by atoms with Gasteiger partial charge in [-0.15, -0.1) is 11.8 Å². The molecule has 2 aliphatic heterocycles. The van der Waals surface area contributed by atoms with E-state index in [9.17, 15) is 9.59 Å². The number of carbonyl (C=O) groups excluding carboxylic acids is 2. The SMILES string of the molecule is CC1=C(C(=O)N(CC(=O)NC[C@H]2CCCO2)c2ccc(Cl)cc2)SCCO1. The molecular formula is C19H23ClN2O4S. The number of amides is 2. The van der Waals surface area contributed by atoms with Crippen LogP contribution in [0.5, 0.6) is 0 Å². The van der Waals surface area contributed by atoms with Crippen LogP contribution in [-0.4, -0.2) is 50.0 Å². The Hall–Kier alpha value is -1.70. The Morgan fingerprint density at radius 2 is 2.07 bits per heavy atom. The first-order valence-electron chi connectivity index (χ1n) is 8.97. The van der Waals surface area contributed by atoms with Gasteiger partial charge < -0.3 is 14.8 Å². The molecule has 1 aromatic carbocycles. The minimum Gasteiger partial charge on any atom is -0.496 e. The highest BCUT2D eigenvalue weighted by atomic mass is 35.5. The van der Waals surface area contributed by atoms with Gasteiger partial charge in [-0.1, -0.05) is 11.6 Å². The van der Waals surface area contributed by atoms with Gasteiger partial charge in [-0.05, 0) is 44.0 Å². The standard InChI is InChI=1S/C19H23ClN2O4S/c1-13-18(27-10-9-25-13)19(24)22(15-6-4-14(20)5-7-15)12-17(23)21-11-16-3-2-8-26-16/h4-7,16H,2-3,8-12H2,1H3,(H,21,23)/t16-/m1/s1. The number of thioether (sulfide) groups is 1. The van der Waals surface area contributed by atoms with Crippen LogP contribution in [-0.2, 0) is 19.1 Å². The molecule has 0 aliphatic carbocycles. The van der Waals surface area contributed by atoms with Crippen LogP contribution in [0.1, 0.15) is 19.8 Å². The molecular weight excluding hydrogens is 388 g/mol. The van der Waals surface area contributed by atoms with Crippen molar-refractivity contribution in [3.8, 4) is 0 Å². The normalized spacial score (nSPS) is 19.6. The van der Waals surface area contributed by atoms with Crippen molar-refractivity contribution in [1.29, 1.82) is 0 Å². The van der Waals surface area contributed by atoms with E-state index in [1.165, 1.54) is 16.7 Å². The number of ether oxygens (including phenoxy) is 2. The Morgan fingerprint density at radius 3 is 2.74 bits per heavy atom. The summed E-state index contributed by atoms with van der Waals surface area (Å²) >= 11 is 7.42. The lowest BCUT2D eigenvalue weighted by Gasteiger charge is -2.26. The zero-order valence-electron chi connectivity index (χ0n) is 15.2. The van der Waals surface area contributed by atoms with E-state index < -0.39 is 0 Å². The van der Waals surface area contributed by atoms with Crippen LogP contribution >= 0.6 is 23.4 Å². The molecule has 1 N–H and O–H groups in total. The summed E-state index contributed by atoms with van der Waals surface area (Å²) in [6.45, 7) is 3.47. The summed E-state index contributed by atoms with van der Waals surface area (Å²) in [5.41, 5.74) is 0.614. The molecule has 0 aromatic heterocycles.